The second-order valence-electron chi connectivity index (χ2n) is 7.50. The van der Waals surface area contributed by atoms with Crippen LogP contribution in [0.1, 0.15) is 18.4 Å². The number of aromatic nitrogens is 5. The first kappa shape index (κ1) is 19.8. The van der Waals surface area contributed by atoms with Gasteiger partial charge < -0.3 is 10.1 Å². The van der Waals surface area contributed by atoms with Gasteiger partial charge in [-0.25, -0.2) is 19.0 Å². The van der Waals surface area contributed by atoms with Crippen molar-refractivity contribution in [2.24, 2.45) is 0 Å². The lowest BCUT2D eigenvalue weighted by atomic mass is 10.1. The summed E-state index contributed by atoms with van der Waals surface area (Å²) in [6.07, 6.45) is 3.64. The molecule has 2 aromatic heterocycles. The summed E-state index contributed by atoms with van der Waals surface area (Å²) in [6.45, 7) is 1.91. The van der Waals surface area contributed by atoms with Gasteiger partial charge >= 0.3 is 0 Å². The molecule has 5 rings (SSSR count). The molecule has 0 radical (unpaired) electrons. The Morgan fingerprint density at radius 3 is 2.84 bits per heavy atom. The van der Waals surface area contributed by atoms with Crippen molar-refractivity contribution >= 4 is 28.6 Å². The Bertz CT molecular complexity index is 1220. The second kappa shape index (κ2) is 8.56. The van der Waals surface area contributed by atoms with E-state index < -0.39 is 5.82 Å². The number of anilines is 1. The van der Waals surface area contributed by atoms with Crippen LogP contribution in [0.5, 0.6) is 0 Å². The molecule has 1 saturated heterocycles. The highest BCUT2D eigenvalue weighted by molar-refractivity contribution is 6.30. The van der Waals surface area contributed by atoms with Gasteiger partial charge in [0.1, 0.15) is 11.3 Å². The van der Waals surface area contributed by atoms with Crippen LogP contribution in [0.15, 0.2) is 48.7 Å². The molecule has 3 heterocycles. The summed E-state index contributed by atoms with van der Waals surface area (Å²) in [5.41, 5.74) is 4.09. The maximum absolute atomic E-state index is 13.7. The smallest absolute Gasteiger partial charge is 0.223 e. The molecule has 1 aliphatic rings. The highest BCUT2D eigenvalue weighted by Gasteiger charge is 2.15. The van der Waals surface area contributed by atoms with E-state index in [1.165, 1.54) is 6.07 Å². The van der Waals surface area contributed by atoms with Crippen LogP contribution in [-0.2, 0) is 11.3 Å². The fourth-order valence-corrected chi connectivity index (χ4v) is 3.79. The molecule has 9 heteroatoms. The van der Waals surface area contributed by atoms with Crippen LogP contribution in [0.4, 0.5) is 10.3 Å². The molecule has 158 valence electrons. The number of nitrogens with one attached hydrogen (secondary N) is 1. The summed E-state index contributed by atoms with van der Waals surface area (Å²) in [7, 11) is 0. The molecule has 1 aliphatic heterocycles. The Balaban J connectivity index is 1.38. The summed E-state index contributed by atoms with van der Waals surface area (Å²) in [4.78, 5) is 9.01. The van der Waals surface area contributed by atoms with Gasteiger partial charge in [-0.3, -0.25) is 0 Å². The predicted molar refractivity (Wildman–Crippen MR) is 117 cm³/mol. The first-order chi connectivity index (χ1) is 15.2. The average Bonchev–Trinajstić information content (AvgIpc) is 3.19. The number of hydrogen-bond donors (Lipinski definition) is 1. The summed E-state index contributed by atoms with van der Waals surface area (Å²) in [5.74, 6) is 0.165. The van der Waals surface area contributed by atoms with E-state index in [2.05, 4.69) is 25.6 Å². The van der Waals surface area contributed by atoms with Crippen molar-refractivity contribution in [3.63, 3.8) is 0 Å². The van der Waals surface area contributed by atoms with Gasteiger partial charge in [-0.2, -0.15) is 0 Å². The van der Waals surface area contributed by atoms with Crippen molar-refractivity contribution in [1.82, 2.24) is 25.0 Å². The number of rotatable bonds is 5. The van der Waals surface area contributed by atoms with E-state index in [1.807, 2.05) is 24.3 Å². The standard InChI is InChI=1S/C22H20ClFN6O/c23-17-3-1-14(11-18(17)24)13-30-21-4-2-15(12-20(21)28-29-30)19-5-8-25-22(27-19)26-16-6-9-31-10-7-16/h1-5,8,11-12,16H,6-7,9-10,13H2,(H,25,26,27). The van der Waals surface area contributed by atoms with Gasteiger partial charge in [-0.05, 0) is 48.7 Å². The molecule has 7 nitrogen and oxygen atoms in total. The molecule has 0 aliphatic carbocycles. The average molecular weight is 439 g/mol. The Morgan fingerprint density at radius 1 is 1.13 bits per heavy atom. The van der Waals surface area contributed by atoms with E-state index in [9.17, 15) is 4.39 Å². The van der Waals surface area contributed by atoms with Crippen molar-refractivity contribution in [2.75, 3.05) is 18.5 Å². The Kier molecular flexibility index (Phi) is 5.48. The number of nitrogens with zero attached hydrogens (tertiary/aromatic N) is 5. The third-order valence-corrected chi connectivity index (χ3v) is 5.64. The molecule has 2 aromatic carbocycles. The Hall–Kier alpha value is -3.10. The number of benzene rings is 2. The topological polar surface area (TPSA) is 77.8 Å². The van der Waals surface area contributed by atoms with E-state index in [1.54, 1.807) is 23.0 Å². The minimum atomic E-state index is -0.445. The maximum atomic E-state index is 13.7. The summed E-state index contributed by atoms with van der Waals surface area (Å²) in [5, 5.41) is 12.0. The lowest BCUT2D eigenvalue weighted by Gasteiger charge is -2.23. The monoisotopic (exact) mass is 438 g/mol. The Morgan fingerprint density at radius 2 is 2.00 bits per heavy atom. The number of fused-ring (bicyclic) bond motifs is 1. The van der Waals surface area contributed by atoms with Crippen molar-refractivity contribution in [3.8, 4) is 11.3 Å². The van der Waals surface area contributed by atoms with Gasteiger partial charge in [0.15, 0.2) is 0 Å². The van der Waals surface area contributed by atoms with Crippen LogP contribution in [0, 0.1) is 5.82 Å². The van der Waals surface area contributed by atoms with Crippen LogP contribution in [0.3, 0.4) is 0 Å². The first-order valence-corrected chi connectivity index (χ1v) is 10.5. The van der Waals surface area contributed by atoms with Gasteiger partial charge in [-0.1, -0.05) is 28.9 Å². The lowest BCUT2D eigenvalue weighted by Crippen LogP contribution is -2.28. The maximum Gasteiger partial charge on any atom is 0.223 e. The zero-order valence-corrected chi connectivity index (χ0v) is 17.4. The highest BCUT2D eigenvalue weighted by Crippen LogP contribution is 2.24. The van der Waals surface area contributed by atoms with Crippen molar-refractivity contribution in [1.29, 1.82) is 0 Å². The number of ether oxygens (including phenoxy) is 1. The molecule has 31 heavy (non-hydrogen) atoms. The number of hydrogen-bond acceptors (Lipinski definition) is 6. The molecular formula is C22H20ClFN6O. The molecule has 0 unspecified atom stereocenters. The third-order valence-electron chi connectivity index (χ3n) is 5.34. The SMILES string of the molecule is Fc1cc(Cn2nnc3cc(-c4ccnc(NC5CCOCC5)n4)ccc32)ccc1Cl. The zero-order chi connectivity index (χ0) is 21.2. The Labute approximate surface area is 183 Å². The minimum Gasteiger partial charge on any atom is -0.381 e. The summed E-state index contributed by atoms with van der Waals surface area (Å²) in [6, 6.07) is 12.8. The lowest BCUT2D eigenvalue weighted by molar-refractivity contribution is 0.0903. The van der Waals surface area contributed by atoms with E-state index in [-0.39, 0.29) is 5.02 Å². The normalized spacial score (nSPS) is 14.8. The van der Waals surface area contributed by atoms with Gasteiger partial charge in [0.25, 0.3) is 0 Å². The van der Waals surface area contributed by atoms with Crippen molar-refractivity contribution in [3.05, 3.63) is 65.1 Å². The predicted octanol–water partition coefficient (Wildman–Crippen LogP) is 4.32. The van der Waals surface area contributed by atoms with E-state index in [0.717, 1.165) is 53.9 Å². The molecular weight excluding hydrogens is 419 g/mol. The van der Waals surface area contributed by atoms with Crippen LogP contribution < -0.4 is 5.32 Å². The molecule has 1 fully saturated rings. The molecule has 0 bridgehead atoms. The summed E-state index contributed by atoms with van der Waals surface area (Å²) >= 11 is 5.77. The molecule has 0 atom stereocenters. The largest absolute Gasteiger partial charge is 0.381 e. The zero-order valence-electron chi connectivity index (χ0n) is 16.6. The van der Waals surface area contributed by atoms with Crippen LogP contribution >= 0.6 is 11.6 Å². The minimum absolute atomic E-state index is 0.104. The van der Waals surface area contributed by atoms with Gasteiger partial charge in [0.05, 0.1) is 22.8 Å². The molecule has 0 spiro atoms. The van der Waals surface area contributed by atoms with Gasteiger partial charge in [0, 0.05) is 31.0 Å². The quantitative estimate of drug-likeness (QED) is 0.500. The number of halogens is 2. The molecule has 0 amide bonds. The van der Waals surface area contributed by atoms with Crippen molar-refractivity contribution < 1.29 is 9.13 Å². The van der Waals surface area contributed by atoms with Gasteiger partial charge in [-0.15, -0.1) is 5.10 Å². The molecule has 4 aromatic rings. The molecule has 0 saturated carbocycles. The third kappa shape index (κ3) is 4.35. The van der Waals surface area contributed by atoms with Crippen molar-refractivity contribution in [2.45, 2.75) is 25.4 Å². The van der Waals surface area contributed by atoms with E-state index >= 15 is 0 Å². The fourth-order valence-electron chi connectivity index (χ4n) is 3.67. The van der Waals surface area contributed by atoms with E-state index in [4.69, 9.17) is 16.3 Å². The summed E-state index contributed by atoms with van der Waals surface area (Å²) < 4.78 is 20.9. The fraction of sp³-hybridized carbons (Fsp3) is 0.273. The second-order valence-corrected chi connectivity index (χ2v) is 7.90. The van der Waals surface area contributed by atoms with Crippen LogP contribution in [-0.4, -0.2) is 44.2 Å². The van der Waals surface area contributed by atoms with Crippen LogP contribution in [0.2, 0.25) is 5.02 Å². The molecule has 1 N–H and O–H groups in total. The van der Waals surface area contributed by atoms with E-state index in [0.29, 0.717) is 18.5 Å². The van der Waals surface area contributed by atoms with Crippen LogP contribution in [0.25, 0.3) is 22.3 Å². The van der Waals surface area contributed by atoms with Gasteiger partial charge in [0.2, 0.25) is 5.95 Å². The first-order valence-electron chi connectivity index (χ1n) is 10.1. The highest BCUT2D eigenvalue weighted by atomic mass is 35.5.